The van der Waals surface area contributed by atoms with Gasteiger partial charge in [0.25, 0.3) is 0 Å². The number of rotatable bonds is 3. The normalized spacial score (nSPS) is 38.2. The second-order valence-electron chi connectivity index (χ2n) is 7.44. The van der Waals surface area contributed by atoms with Crippen molar-refractivity contribution in [3.8, 4) is 0 Å². The first-order chi connectivity index (χ1) is 11.7. The molecule has 4 aliphatic rings. The molecule has 5 atom stereocenters. The van der Waals surface area contributed by atoms with Crippen LogP contribution in [-0.2, 0) is 20.8 Å². The van der Waals surface area contributed by atoms with Gasteiger partial charge in [-0.25, -0.2) is 4.98 Å². The van der Waals surface area contributed by atoms with E-state index in [0.717, 1.165) is 56.7 Å². The van der Waals surface area contributed by atoms with Crippen molar-refractivity contribution in [1.29, 1.82) is 0 Å². The van der Waals surface area contributed by atoms with E-state index in [2.05, 4.69) is 15.3 Å². The molecule has 4 fully saturated rings. The van der Waals surface area contributed by atoms with Crippen LogP contribution in [0.2, 0.25) is 0 Å². The van der Waals surface area contributed by atoms with Gasteiger partial charge < -0.3 is 14.4 Å². The van der Waals surface area contributed by atoms with Gasteiger partial charge in [-0.05, 0) is 18.8 Å². The number of amides is 1. The maximum Gasteiger partial charge on any atom is 0.226 e. The number of carbonyl (C=O) groups is 1. The molecule has 24 heavy (non-hydrogen) atoms. The standard InChI is InChI=1S/C17H23N3O3S/c1-10-18-11(9-24-10)4-19-2-3-23-15-6-20(5-14(15)19)17(21)16-12-7-22-8-13(12)16/h9,12-16H,2-8H2,1H3/t12-,13+,14-,15+,16?/m1/s1. The first-order valence-electron chi connectivity index (χ1n) is 8.84. The molecule has 1 unspecified atom stereocenters. The fraction of sp³-hybridized carbons (Fsp3) is 0.765. The molecular weight excluding hydrogens is 326 g/mol. The summed E-state index contributed by atoms with van der Waals surface area (Å²) in [6, 6.07) is 0.305. The summed E-state index contributed by atoms with van der Waals surface area (Å²) in [6.07, 6.45) is 0.150. The minimum atomic E-state index is 0.150. The monoisotopic (exact) mass is 349 g/mol. The molecule has 6 nitrogen and oxygen atoms in total. The van der Waals surface area contributed by atoms with Crippen LogP contribution in [0.1, 0.15) is 10.7 Å². The first kappa shape index (κ1) is 15.3. The van der Waals surface area contributed by atoms with E-state index in [4.69, 9.17) is 9.47 Å². The molecule has 0 N–H and O–H groups in total. The Balaban J connectivity index is 1.26. The summed E-state index contributed by atoms with van der Waals surface area (Å²) < 4.78 is 11.4. The van der Waals surface area contributed by atoms with Crippen molar-refractivity contribution in [1.82, 2.24) is 14.8 Å². The van der Waals surface area contributed by atoms with E-state index >= 15 is 0 Å². The summed E-state index contributed by atoms with van der Waals surface area (Å²) in [7, 11) is 0. The van der Waals surface area contributed by atoms with Crippen LogP contribution in [0.3, 0.4) is 0 Å². The molecule has 4 heterocycles. The van der Waals surface area contributed by atoms with E-state index in [1.54, 1.807) is 11.3 Å². The minimum Gasteiger partial charge on any atom is -0.381 e. The van der Waals surface area contributed by atoms with Crippen LogP contribution in [0.5, 0.6) is 0 Å². The van der Waals surface area contributed by atoms with Crippen molar-refractivity contribution >= 4 is 17.2 Å². The topological polar surface area (TPSA) is 54.9 Å². The van der Waals surface area contributed by atoms with E-state index in [1.165, 1.54) is 0 Å². The van der Waals surface area contributed by atoms with Crippen LogP contribution >= 0.6 is 11.3 Å². The smallest absolute Gasteiger partial charge is 0.226 e. The average molecular weight is 349 g/mol. The number of fused-ring (bicyclic) bond motifs is 2. The number of carbonyl (C=O) groups excluding carboxylic acids is 1. The van der Waals surface area contributed by atoms with E-state index in [-0.39, 0.29) is 12.0 Å². The zero-order chi connectivity index (χ0) is 16.3. The summed E-state index contributed by atoms with van der Waals surface area (Å²) in [6.45, 7) is 7.65. The molecule has 1 aliphatic carbocycles. The van der Waals surface area contributed by atoms with E-state index < -0.39 is 0 Å². The average Bonchev–Trinajstić information content (AvgIpc) is 3.03. The fourth-order valence-electron chi connectivity index (χ4n) is 4.64. The number of thiazole rings is 1. The summed E-state index contributed by atoms with van der Waals surface area (Å²) in [5.74, 6) is 1.51. The third kappa shape index (κ3) is 2.49. The largest absolute Gasteiger partial charge is 0.381 e. The Morgan fingerprint density at radius 2 is 2.21 bits per heavy atom. The number of aromatic nitrogens is 1. The van der Waals surface area contributed by atoms with Crippen molar-refractivity contribution in [2.24, 2.45) is 17.8 Å². The maximum absolute atomic E-state index is 12.8. The van der Waals surface area contributed by atoms with Gasteiger partial charge in [0.05, 0.1) is 42.7 Å². The molecule has 0 radical (unpaired) electrons. The van der Waals surface area contributed by atoms with Gasteiger partial charge in [-0.2, -0.15) is 0 Å². The highest BCUT2D eigenvalue weighted by atomic mass is 32.1. The lowest BCUT2D eigenvalue weighted by Crippen LogP contribution is -2.50. The van der Waals surface area contributed by atoms with E-state index in [1.807, 2.05) is 11.8 Å². The van der Waals surface area contributed by atoms with Gasteiger partial charge in [-0.15, -0.1) is 11.3 Å². The highest BCUT2D eigenvalue weighted by molar-refractivity contribution is 7.09. The molecule has 0 spiro atoms. The van der Waals surface area contributed by atoms with Crippen LogP contribution in [0.25, 0.3) is 0 Å². The second-order valence-corrected chi connectivity index (χ2v) is 8.50. The number of hydrogen-bond donors (Lipinski definition) is 0. The maximum atomic E-state index is 12.8. The molecule has 1 aromatic rings. The number of ether oxygens (including phenoxy) is 2. The summed E-state index contributed by atoms with van der Waals surface area (Å²) in [4.78, 5) is 21.9. The van der Waals surface area contributed by atoms with Crippen LogP contribution in [-0.4, -0.2) is 72.3 Å². The van der Waals surface area contributed by atoms with Crippen molar-refractivity contribution in [3.63, 3.8) is 0 Å². The highest BCUT2D eigenvalue weighted by Crippen LogP contribution is 2.51. The molecule has 3 saturated heterocycles. The Bertz CT molecular complexity index is 641. The summed E-state index contributed by atoms with van der Waals surface area (Å²) >= 11 is 1.70. The first-order valence-corrected chi connectivity index (χ1v) is 9.72. The highest BCUT2D eigenvalue weighted by Gasteiger charge is 2.60. The predicted octanol–water partition coefficient (Wildman–Crippen LogP) is 0.756. The predicted molar refractivity (Wildman–Crippen MR) is 88.7 cm³/mol. The van der Waals surface area contributed by atoms with Crippen molar-refractivity contribution in [3.05, 3.63) is 16.1 Å². The summed E-state index contributed by atoms with van der Waals surface area (Å²) in [5.41, 5.74) is 1.14. The zero-order valence-corrected chi connectivity index (χ0v) is 14.7. The number of morpholine rings is 1. The van der Waals surface area contributed by atoms with Crippen LogP contribution < -0.4 is 0 Å². The van der Waals surface area contributed by atoms with Gasteiger partial charge in [-0.3, -0.25) is 9.69 Å². The lowest BCUT2D eigenvalue weighted by Gasteiger charge is -2.36. The Hall–Kier alpha value is -1.02. The van der Waals surface area contributed by atoms with E-state index in [0.29, 0.717) is 23.8 Å². The molecule has 0 bridgehead atoms. The Morgan fingerprint density at radius 1 is 1.38 bits per heavy atom. The van der Waals surface area contributed by atoms with Crippen LogP contribution in [0.4, 0.5) is 0 Å². The van der Waals surface area contributed by atoms with Crippen LogP contribution in [0, 0.1) is 24.7 Å². The van der Waals surface area contributed by atoms with Crippen molar-refractivity contribution in [2.45, 2.75) is 25.6 Å². The molecule has 1 saturated carbocycles. The zero-order valence-electron chi connectivity index (χ0n) is 13.9. The number of aryl methyl sites for hydroxylation is 1. The van der Waals surface area contributed by atoms with Gasteiger partial charge in [0.1, 0.15) is 0 Å². The number of hydrogen-bond acceptors (Lipinski definition) is 6. The molecular formula is C17H23N3O3S. The van der Waals surface area contributed by atoms with Gasteiger partial charge in [0.2, 0.25) is 5.91 Å². The van der Waals surface area contributed by atoms with Crippen molar-refractivity contribution in [2.75, 3.05) is 39.5 Å². The molecule has 0 aromatic carbocycles. The lowest BCUT2D eigenvalue weighted by atomic mass is 10.1. The third-order valence-corrected chi connectivity index (χ3v) is 6.82. The molecule has 1 aromatic heterocycles. The Morgan fingerprint density at radius 3 is 2.96 bits per heavy atom. The second kappa shape index (κ2) is 5.76. The van der Waals surface area contributed by atoms with Crippen molar-refractivity contribution < 1.29 is 14.3 Å². The molecule has 5 rings (SSSR count). The number of likely N-dealkylation sites (tertiary alicyclic amines) is 1. The lowest BCUT2D eigenvalue weighted by molar-refractivity contribution is -0.133. The van der Waals surface area contributed by atoms with Gasteiger partial charge in [0, 0.05) is 37.5 Å². The Kier molecular flexibility index (Phi) is 3.66. The quantitative estimate of drug-likeness (QED) is 0.806. The minimum absolute atomic E-state index is 0.150. The Labute approximate surface area is 145 Å². The molecule has 1 amide bonds. The number of nitrogens with zero attached hydrogens (tertiary/aromatic N) is 3. The fourth-order valence-corrected chi connectivity index (χ4v) is 5.24. The van der Waals surface area contributed by atoms with Crippen LogP contribution in [0.15, 0.2) is 5.38 Å². The SMILES string of the molecule is Cc1nc(CN2CCO[C@H]3CN(C(=O)C4[C@H]5COC[C@@H]45)C[C@H]32)cs1. The van der Waals surface area contributed by atoms with Gasteiger partial charge in [0.15, 0.2) is 0 Å². The molecule has 7 heteroatoms. The van der Waals surface area contributed by atoms with E-state index in [9.17, 15) is 4.79 Å². The third-order valence-electron chi connectivity index (χ3n) is 6.00. The summed E-state index contributed by atoms with van der Waals surface area (Å²) in [5, 5.41) is 3.25. The van der Waals surface area contributed by atoms with Gasteiger partial charge >= 0.3 is 0 Å². The van der Waals surface area contributed by atoms with Gasteiger partial charge in [-0.1, -0.05) is 0 Å². The molecule has 3 aliphatic heterocycles. The molecule has 130 valence electrons.